The molecule has 0 aromatic rings. The van der Waals surface area contributed by atoms with Gasteiger partial charge in [0.2, 0.25) is 0 Å². The van der Waals surface area contributed by atoms with Gasteiger partial charge in [0.25, 0.3) is 0 Å². The molecule has 1 fully saturated rings. The number of aliphatic hydroxyl groups is 1. The molecule has 18 heavy (non-hydrogen) atoms. The van der Waals surface area contributed by atoms with Crippen molar-refractivity contribution in [2.45, 2.75) is 26.1 Å². The molecular weight excluding hydrogens is 236 g/mol. The Morgan fingerprint density at radius 1 is 1.39 bits per heavy atom. The highest BCUT2D eigenvalue weighted by atomic mass is 16.6. The predicted molar refractivity (Wildman–Crippen MR) is 61.5 cm³/mol. The zero-order chi connectivity index (χ0) is 13.5. The predicted octanol–water partition coefficient (Wildman–Crippen LogP) is 0.179. The number of ketones is 2. The second kappa shape index (κ2) is 4.17. The molecule has 0 bridgehead atoms. The fraction of sp³-hybridized carbons (Fsp3) is 0.462. The van der Waals surface area contributed by atoms with Gasteiger partial charge < -0.3 is 9.84 Å². The highest BCUT2D eigenvalue weighted by Crippen LogP contribution is 2.45. The minimum Gasteiger partial charge on any atom is -0.454 e. The molecular formula is C13H14O5. The second-order valence-corrected chi connectivity index (χ2v) is 4.50. The van der Waals surface area contributed by atoms with Crippen LogP contribution in [0.25, 0.3) is 0 Å². The fourth-order valence-electron chi connectivity index (χ4n) is 2.57. The normalized spacial score (nSPS) is 39.9. The summed E-state index contributed by atoms with van der Waals surface area (Å²) in [4.78, 5) is 35.8. The van der Waals surface area contributed by atoms with Crippen LogP contribution in [0.2, 0.25) is 0 Å². The SMILES string of the molecule is C/C=C/[C@H]1C=CC(=O)[C@@H](O)[C@@]12C(=O)O[C@H](C)C2=O. The van der Waals surface area contributed by atoms with Gasteiger partial charge in [0.05, 0.1) is 0 Å². The lowest BCUT2D eigenvalue weighted by molar-refractivity contribution is -0.160. The van der Waals surface area contributed by atoms with E-state index in [0.717, 1.165) is 0 Å². The molecule has 4 atom stereocenters. The molecule has 96 valence electrons. The zero-order valence-corrected chi connectivity index (χ0v) is 10.1. The number of aliphatic hydroxyl groups excluding tert-OH is 1. The lowest BCUT2D eigenvalue weighted by Gasteiger charge is -2.34. The quantitative estimate of drug-likeness (QED) is 0.408. The first kappa shape index (κ1) is 12.7. The van der Waals surface area contributed by atoms with Crippen LogP contribution in [0.3, 0.4) is 0 Å². The maximum Gasteiger partial charge on any atom is 0.324 e. The van der Waals surface area contributed by atoms with Crippen molar-refractivity contribution in [2.75, 3.05) is 0 Å². The van der Waals surface area contributed by atoms with Crippen LogP contribution in [0, 0.1) is 11.3 Å². The topological polar surface area (TPSA) is 80.7 Å². The van der Waals surface area contributed by atoms with E-state index in [1.807, 2.05) is 0 Å². The van der Waals surface area contributed by atoms with Crippen LogP contribution in [0.5, 0.6) is 0 Å². The van der Waals surface area contributed by atoms with Crippen molar-refractivity contribution in [1.82, 2.24) is 0 Å². The number of Topliss-reactive ketones (excluding diaryl/α,β-unsaturated/α-hetero) is 1. The van der Waals surface area contributed by atoms with E-state index >= 15 is 0 Å². The molecule has 2 aliphatic rings. The number of esters is 1. The summed E-state index contributed by atoms with van der Waals surface area (Å²) >= 11 is 0. The number of hydrogen-bond acceptors (Lipinski definition) is 5. The molecule has 1 saturated heterocycles. The lowest BCUT2D eigenvalue weighted by Crippen LogP contribution is -2.55. The molecule has 1 aliphatic carbocycles. The first-order valence-corrected chi connectivity index (χ1v) is 5.74. The fourth-order valence-corrected chi connectivity index (χ4v) is 2.57. The van der Waals surface area contributed by atoms with Gasteiger partial charge in [0, 0.05) is 5.92 Å². The van der Waals surface area contributed by atoms with E-state index in [0.29, 0.717) is 0 Å². The summed E-state index contributed by atoms with van der Waals surface area (Å²) in [6.07, 6.45) is 3.34. The maximum absolute atomic E-state index is 12.2. The van der Waals surface area contributed by atoms with Gasteiger partial charge in [0.1, 0.15) is 6.10 Å². The summed E-state index contributed by atoms with van der Waals surface area (Å²) in [6.45, 7) is 3.18. The molecule has 1 aliphatic heterocycles. The minimum absolute atomic E-state index is 0.541. The van der Waals surface area contributed by atoms with E-state index in [4.69, 9.17) is 4.74 Å². The Bertz CT molecular complexity index is 476. The Balaban J connectivity index is 2.62. The van der Waals surface area contributed by atoms with Crippen LogP contribution >= 0.6 is 0 Å². The summed E-state index contributed by atoms with van der Waals surface area (Å²) in [5.74, 6) is -2.66. The number of carbonyl (C=O) groups is 3. The van der Waals surface area contributed by atoms with Crippen molar-refractivity contribution in [2.24, 2.45) is 11.3 Å². The van der Waals surface area contributed by atoms with E-state index in [9.17, 15) is 19.5 Å². The van der Waals surface area contributed by atoms with Crippen molar-refractivity contribution in [3.63, 3.8) is 0 Å². The van der Waals surface area contributed by atoms with Crippen LogP contribution in [0.1, 0.15) is 13.8 Å². The van der Waals surface area contributed by atoms with E-state index in [2.05, 4.69) is 0 Å². The van der Waals surface area contributed by atoms with Gasteiger partial charge in [-0.2, -0.15) is 0 Å². The number of ether oxygens (including phenoxy) is 1. The van der Waals surface area contributed by atoms with Crippen LogP contribution in [0.4, 0.5) is 0 Å². The van der Waals surface area contributed by atoms with Gasteiger partial charge in [-0.3, -0.25) is 14.4 Å². The van der Waals surface area contributed by atoms with Gasteiger partial charge in [-0.1, -0.05) is 18.2 Å². The summed E-state index contributed by atoms with van der Waals surface area (Å²) in [7, 11) is 0. The minimum atomic E-state index is -1.81. The van der Waals surface area contributed by atoms with Gasteiger partial charge in [-0.15, -0.1) is 0 Å². The number of rotatable bonds is 1. The Morgan fingerprint density at radius 2 is 2.06 bits per heavy atom. The van der Waals surface area contributed by atoms with Crippen LogP contribution in [-0.2, 0) is 19.1 Å². The summed E-state index contributed by atoms with van der Waals surface area (Å²) < 4.78 is 4.89. The summed E-state index contributed by atoms with van der Waals surface area (Å²) in [5.41, 5.74) is -1.81. The van der Waals surface area contributed by atoms with Gasteiger partial charge in [0.15, 0.2) is 23.1 Å². The number of allylic oxidation sites excluding steroid dienone is 3. The highest BCUT2D eigenvalue weighted by Gasteiger charge is 2.65. The zero-order valence-electron chi connectivity index (χ0n) is 10.1. The van der Waals surface area contributed by atoms with Crippen molar-refractivity contribution < 1.29 is 24.2 Å². The Labute approximate surface area is 104 Å². The molecule has 0 radical (unpaired) electrons. The van der Waals surface area contributed by atoms with Gasteiger partial charge in [-0.05, 0) is 19.9 Å². The second-order valence-electron chi connectivity index (χ2n) is 4.50. The molecule has 0 saturated carbocycles. The smallest absolute Gasteiger partial charge is 0.324 e. The first-order chi connectivity index (χ1) is 8.46. The highest BCUT2D eigenvalue weighted by molar-refractivity contribution is 6.17. The van der Waals surface area contributed by atoms with Gasteiger partial charge in [-0.25, -0.2) is 0 Å². The first-order valence-electron chi connectivity index (χ1n) is 5.74. The van der Waals surface area contributed by atoms with Crippen LogP contribution < -0.4 is 0 Å². The van der Waals surface area contributed by atoms with Crippen molar-refractivity contribution in [1.29, 1.82) is 0 Å². The third-order valence-electron chi connectivity index (χ3n) is 3.49. The molecule has 0 unspecified atom stereocenters. The molecule has 5 nitrogen and oxygen atoms in total. The molecule has 1 N–H and O–H groups in total. The largest absolute Gasteiger partial charge is 0.454 e. The Morgan fingerprint density at radius 3 is 2.56 bits per heavy atom. The third-order valence-corrected chi connectivity index (χ3v) is 3.49. The summed E-state index contributed by atoms with van der Waals surface area (Å²) in [6, 6.07) is 0. The number of hydrogen-bond donors (Lipinski definition) is 1. The molecule has 0 aromatic carbocycles. The van der Waals surface area contributed by atoms with Crippen LogP contribution in [-0.4, -0.2) is 34.9 Å². The number of carbonyl (C=O) groups excluding carboxylic acids is 3. The van der Waals surface area contributed by atoms with Gasteiger partial charge >= 0.3 is 5.97 Å². The molecule has 1 spiro atoms. The molecule has 0 aromatic heterocycles. The van der Waals surface area contributed by atoms with E-state index < -0.39 is 41.1 Å². The van der Waals surface area contributed by atoms with E-state index in [-0.39, 0.29) is 0 Å². The summed E-state index contributed by atoms with van der Waals surface area (Å²) in [5, 5.41) is 10.0. The van der Waals surface area contributed by atoms with Crippen molar-refractivity contribution >= 4 is 17.5 Å². The van der Waals surface area contributed by atoms with Crippen molar-refractivity contribution in [3.8, 4) is 0 Å². The van der Waals surface area contributed by atoms with Crippen molar-refractivity contribution in [3.05, 3.63) is 24.3 Å². The standard InChI is InChI=1S/C13H14O5/c1-3-4-8-5-6-9(14)11(16)13(8)10(15)7(2)18-12(13)17/h3-8,11,16H,1-2H3/b4-3+/t7-,8+,11-,13-/m1/s1. The monoisotopic (exact) mass is 250 g/mol. The molecule has 2 rings (SSSR count). The van der Waals surface area contributed by atoms with E-state index in [1.54, 1.807) is 19.1 Å². The molecule has 0 amide bonds. The lowest BCUT2D eigenvalue weighted by atomic mass is 9.64. The average molecular weight is 250 g/mol. The molecule has 5 heteroatoms. The number of cyclic esters (lactones) is 1. The Kier molecular flexibility index (Phi) is 2.94. The maximum atomic E-state index is 12.2. The van der Waals surface area contributed by atoms with E-state index in [1.165, 1.54) is 19.1 Å². The van der Waals surface area contributed by atoms with Crippen LogP contribution in [0.15, 0.2) is 24.3 Å². The average Bonchev–Trinajstić information content (AvgIpc) is 2.54. The Hall–Kier alpha value is -1.75. The molecule has 1 heterocycles. The third kappa shape index (κ3) is 1.40.